The molecule has 2 amide bonds. The van der Waals surface area contributed by atoms with Crippen molar-refractivity contribution in [2.75, 3.05) is 13.1 Å². The molecule has 3 N–H and O–H groups in total. The summed E-state index contributed by atoms with van der Waals surface area (Å²) >= 11 is 0. The lowest BCUT2D eigenvalue weighted by Gasteiger charge is -2.26. The smallest absolute Gasteiger partial charge is 0.326 e. The van der Waals surface area contributed by atoms with E-state index in [2.05, 4.69) is 10.3 Å². The quantitative estimate of drug-likeness (QED) is 0.745. The molecule has 1 heterocycles. The van der Waals surface area contributed by atoms with Gasteiger partial charge in [0, 0.05) is 37.3 Å². The Morgan fingerprint density at radius 1 is 1.30 bits per heavy atom. The van der Waals surface area contributed by atoms with Crippen LogP contribution in [0.2, 0.25) is 0 Å². The lowest BCUT2D eigenvalue weighted by atomic mass is 10.1. The van der Waals surface area contributed by atoms with Gasteiger partial charge in [-0.3, -0.25) is 9.59 Å². The first kappa shape index (κ1) is 16.5. The molecule has 7 nitrogen and oxygen atoms in total. The standard InChI is InChI=1S/C16H19N3O4/c1-10(16(22)23)19(8-7-17-11(2)20)15(21)13-4-3-12-5-6-18-14(12)9-13/h3-6,9-10,18H,7-8H2,1-2H3,(H,17,20)(H,22,23). The van der Waals surface area contributed by atoms with Gasteiger partial charge >= 0.3 is 5.97 Å². The number of carbonyl (C=O) groups excluding carboxylic acids is 2. The number of carboxylic acid groups (broad SMARTS) is 1. The van der Waals surface area contributed by atoms with Crippen LogP contribution < -0.4 is 5.32 Å². The number of H-pyrrole nitrogens is 1. The molecule has 1 unspecified atom stereocenters. The van der Waals surface area contributed by atoms with Crippen molar-refractivity contribution in [1.29, 1.82) is 0 Å². The van der Waals surface area contributed by atoms with Crippen LogP contribution in [0.5, 0.6) is 0 Å². The van der Waals surface area contributed by atoms with Gasteiger partial charge in [-0.15, -0.1) is 0 Å². The SMILES string of the molecule is CC(=O)NCCN(C(=O)c1ccc2cc[nH]c2c1)C(C)C(=O)O. The van der Waals surface area contributed by atoms with E-state index in [1.54, 1.807) is 24.4 Å². The Labute approximate surface area is 133 Å². The van der Waals surface area contributed by atoms with Crippen LogP contribution in [0.15, 0.2) is 30.5 Å². The van der Waals surface area contributed by atoms with Gasteiger partial charge in [0.1, 0.15) is 6.04 Å². The van der Waals surface area contributed by atoms with E-state index in [1.807, 2.05) is 6.07 Å². The summed E-state index contributed by atoms with van der Waals surface area (Å²) in [6.45, 7) is 3.13. The molecule has 1 aromatic carbocycles. The Hall–Kier alpha value is -2.83. The Morgan fingerprint density at radius 3 is 2.70 bits per heavy atom. The van der Waals surface area contributed by atoms with Crippen molar-refractivity contribution in [3.8, 4) is 0 Å². The summed E-state index contributed by atoms with van der Waals surface area (Å²) < 4.78 is 0. The number of carboxylic acids is 1. The van der Waals surface area contributed by atoms with Gasteiger partial charge in [-0.05, 0) is 30.5 Å². The fourth-order valence-corrected chi connectivity index (χ4v) is 2.30. The molecule has 1 aromatic heterocycles. The van der Waals surface area contributed by atoms with Crippen LogP contribution in [0.1, 0.15) is 24.2 Å². The zero-order valence-electron chi connectivity index (χ0n) is 13.0. The van der Waals surface area contributed by atoms with Crippen LogP contribution in [0.25, 0.3) is 10.9 Å². The number of amides is 2. The van der Waals surface area contributed by atoms with Crippen molar-refractivity contribution in [1.82, 2.24) is 15.2 Å². The normalized spacial score (nSPS) is 11.9. The van der Waals surface area contributed by atoms with Gasteiger partial charge in [-0.2, -0.15) is 0 Å². The van der Waals surface area contributed by atoms with Gasteiger partial charge in [-0.25, -0.2) is 4.79 Å². The molecule has 0 bridgehead atoms. The molecule has 0 spiro atoms. The minimum Gasteiger partial charge on any atom is -0.480 e. The summed E-state index contributed by atoms with van der Waals surface area (Å²) in [6, 6.07) is 6.06. The summed E-state index contributed by atoms with van der Waals surface area (Å²) in [5.74, 6) is -1.71. The molecule has 2 aromatic rings. The van der Waals surface area contributed by atoms with Crippen molar-refractivity contribution in [2.45, 2.75) is 19.9 Å². The van der Waals surface area contributed by atoms with Gasteiger partial charge in [0.05, 0.1) is 0 Å². The zero-order chi connectivity index (χ0) is 17.0. The molecule has 1 atom stereocenters. The van der Waals surface area contributed by atoms with Crippen LogP contribution in [-0.4, -0.2) is 51.9 Å². The monoisotopic (exact) mass is 317 g/mol. The molecule has 0 aliphatic carbocycles. The van der Waals surface area contributed by atoms with Crippen molar-refractivity contribution in [2.24, 2.45) is 0 Å². The van der Waals surface area contributed by atoms with Gasteiger partial charge in [0.25, 0.3) is 5.91 Å². The third kappa shape index (κ3) is 3.88. The number of hydrogen-bond donors (Lipinski definition) is 3. The fourth-order valence-electron chi connectivity index (χ4n) is 2.30. The number of aromatic amines is 1. The first-order valence-electron chi connectivity index (χ1n) is 7.25. The molecule has 0 aliphatic heterocycles. The average molecular weight is 317 g/mol. The number of fused-ring (bicyclic) bond motifs is 1. The maximum absolute atomic E-state index is 12.7. The Morgan fingerprint density at radius 2 is 2.04 bits per heavy atom. The first-order valence-corrected chi connectivity index (χ1v) is 7.25. The van der Waals surface area contributed by atoms with Gasteiger partial charge < -0.3 is 20.3 Å². The van der Waals surface area contributed by atoms with Crippen molar-refractivity contribution in [3.63, 3.8) is 0 Å². The molecule has 7 heteroatoms. The maximum atomic E-state index is 12.7. The van der Waals surface area contributed by atoms with Gasteiger partial charge in [0.2, 0.25) is 5.91 Å². The van der Waals surface area contributed by atoms with Crippen molar-refractivity contribution < 1.29 is 19.5 Å². The zero-order valence-corrected chi connectivity index (χ0v) is 13.0. The van der Waals surface area contributed by atoms with E-state index in [1.165, 1.54) is 18.7 Å². The maximum Gasteiger partial charge on any atom is 0.326 e. The van der Waals surface area contributed by atoms with E-state index in [4.69, 9.17) is 0 Å². The lowest BCUT2D eigenvalue weighted by molar-refractivity contribution is -0.141. The first-order chi connectivity index (χ1) is 10.9. The predicted molar refractivity (Wildman–Crippen MR) is 85.1 cm³/mol. The minimum absolute atomic E-state index is 0.120. The van der Waals surface area contributed by atoms with Crippen LogP contribution in [0.3, 0.4) is 0 Å². The number of nitrogens with one attached hydrogen (secondary N) is 2. The van der Waals surface area contributed by atoms with E-state index in [-0.39, 0.29) is 24.9 Å². The van der Waals surface area contributed by atoms with Crippen LogP contribution in [0, 0.1) is 0 Å². The second-order valence-electron chi connectivity index (χ2n) is 5.28. The van der Waals surface area contributed by atoms with Crippen LogP contribution >= 0.6 is 0 Å². The third-order valence-corrected chi connectivity index (χ3v) is 3.61. The van der Waals surface area contributed by atoms with E-state index in [0.717, 1.165) is 10.9 Å². The number of rotatable bonds is 6. The molecule has 122 valence electrons. The summed E-state index contributed by atoms with van der Waals surface area (Å²) in [6.07, 6.45) is 1.77. The Kier molecular flexibility index (Phi) is 5.00. The van der Waals surface area contributed by atoms with E-state index >= 15 is 0 Å². The molecule has 0 aliphatic rings. The largest absolute Gasteiger partial charge is 0.480 e. The predicted octanol–water partition coefficient (Wildman–Crippen LogP) is 1.22. The fraction of sp³-hybridized carbons (Fsp3) is 0.312. The molecule has 2 rings (SSSR count). The average Bonchev–Trinajstić information content (AvgIpc) is 2.97. The molecule has 0 saturated carbocycles. The number of nitrogens with zero attached hydrogens (tertiary/aromatic N) is 1. The van der Waals surface area contributed by atoms with E-state index < -0.39 is 12.0 Å². The summed E-state index contributed by atoms with van der Waals surface area (Å²) in [5.41, 5.74) is 1.21. The summed E-state index contributed by atoms with van der Waals surface area (Å²) in [4.78, 5) is 39.1. The molecule has 0 radical (unpaired) electrons. The highest BCUT2D eigenvalue weighted by Crippen LogP contribution is 2.16. The molecule has 0 fully saturated rings. The minimum atomic E-state index is -1.10. The molecular formula is C16H19N3O4. The van der Waals surface area contributed by atoms with Crippen LogP contribution in [-0.2, 0) is 9.59 Å². The Bertz CT molecular complexity index is 738. The second-order valence-corrected chi connectivity index (χ2v) is 5.28. The molecular weight excluding hydrogens is 298 g/mol. The number of aromatic nitrogens is 1. The number of hydrogen-bond acceptors (Lipinski definition) is 3. The highest BCUT2D eigenvalue weighted by molar-refractivity contribution is 5.99. The van der Waals surface area contributed by atoms with Gasteiger partial charge in [-0.1, -0.05) is 6.07 Å². The second kappa shape index (κ2) is 6.95. The third-order valence-electron chi connectivity index (χ3n) is 3.61. The van der Waals surface area contributed by atoms with Crippen molar-refractivity contribution in [3.05, 3.63) is 36.0 Å². The van der Waals surface area contributed by atoms with Crippen LogP contribution in [0.4, 0.5) is 0 Å². The Balaban J connectivity index is 2.23. The van der Waals surface area contributed by atoms with E-state index in [9.17, 15) is 19.5 Å². The number of carbonyl (C=O) groups is 3. The topological polar surface area (TPSA) is 103 Å². The molecule has 0 saturated heterocycles. The van der Waals surface area contributed by atoms with Gasteiger partial charge in [0.15, 0.2) is 0 Å². The number of aliphatic carboxylic acids is 1. The highest BCUT2D eigenvalue weighted by atomic mass is 16.4. The van der Waals surface area contributed by atoms with E-state index in [0.29, 0.717) is 5.56 Å². The lowest BCUT2D eigenvalue weighted by Crippen LogP contribution is -2.46. The number of benzene rings is 1. The molecule has 23 heavy (non-hydrogen) atoms. The summed E-state index contributed by atoms with van der Waals surface area (Å²) in [7, 11) is 0. The summed E-state index contributed by atoms with van der Waals surface area (Å²) in [5, 5.41) is 12.7. The van der Waals surface area contributed by atoms with Crippen molar-refractivity contribution >= 4 is 28.7 Å². The highest BCUT2D eigenvalue weighted by Gasteiger charge is 2.26.